The normalized spacial score (nSPS) is 13.6. The fraction of sp³-hybridized carbons (Fsp3) is 0. The van der Waals surface area contributed by atoms with E-state index in [0.717, 1.165) is 32.9 Å². The van der Waals surface area contributed by atoms with Gasteiger partial charge in [-0.25, -0.2) is 0 Å². The van der Waals surface area contributed by atoms with Crippen molar-refractivity contribution in [3.05, 3.63) is 158 Å². The maximum atomic E-state index is 8.59. The molecule has 208 valence electrons. The average Bonchev–Trinajstić information content (AvgIpc) is 3.53. The lowest BCUT2D eigenvalue weighted by Gasteiger charge is -2.17. The lowest BCUT2D eigenvalue weighted by atomic mass is 9.86. The molecule has 0 aliphatic rings. The number of fused-ring (bicyclic) bond motifs is 4. The van der Waals surface area contributed by atoms with Gasteiger partial charge in [0.2, 0.25) is 0 Å². The van der Waals surface area contributed by atoms with Gasteiger partial charge in [-0.05, 0) is 101 Å². The molecule has 10 rings (SSSR count). The maximum Gasteiger partial charge on any atom is 0.136 e. The first kappa shape index (κ1) is 20.1. The molecule has 0 unspecified atom stereocenters. The zero-order valence-electron chi connectivity index (χ0n) is 29.0. The molecule has 1 aromatic heterocycles. The molecule has 0 amide bonds. The summed E-state index contributed by atoms with van der Waals surface area (Å²) in [5, 5.41) is 11.3. The number of furan rings is 1. The van der Waals surface area contributed by atoms with Crippen molar-refractivity contribution in [2.45, 2.75) is 0 Å². The summed E-state index contributed by atoms with van der Waals surface area (Å²) in [5.74, 6) is 0. The monoisotopic (exact) mass is 575 g/mol. The molecule has 0 fully saturated rings. The second-order valence-electron chi connectivity index (χ2n) is 11.7. The van der Waals surface area contributed by atoms with Crippen molar-refractivity contribution < 1.29 is 11.3 Å². The van der Waals surface area contributed by atoms with Crippen LogP contribution >= 0.6 is 0 Å². The van der Waals surface area contributed by atoms with Crippen LogP contribution in [0.5, 0.6) is 0 Å². The van der Waals surface area contributed by atoms with Gasteiger partial charge in [0.25, 0.3) is 0 Å². The van der Waals surface area contributed by atoms with E-state index in [9.17, 15) is 0 Å². The third-order valence-corrected chi connectivity index (χ3v) is 9.30. The summed E-state index contributed by atoms with van der Waals surface area (Å²) in [4.78, 5) is 0. The van der Waals surface area contributed by atoms with Crippen LogP contribution in [0, 0.1) is 0 Å². The fourth-order valence-corrected chi connectivity index (χ4v) is 7.25. The van der Waals surface area contributed by atoms with Gasteiger partial charge in [0.15, 0.2) is 0 Å². The highest BCUT2D eigenvalue weighted by Gasteiger charge is 2.18. The summed E-state index contributed by atoms with van der Waals surface area (Å²) in [6, 6.07) is 42.9. The number of hydrogen-bond acceptors (Lipinski definition) is 1. The van der Waals surface area contributed by atoms with E-state index in [1.54, 1.807) is 6.07 Å². The fourth-order valence-electron chi connectivity index (χ4n) is 7.25. The Bertz CT molecular complexity index is 3020. The second kappa shape index (κ2) is 9.29. The van der Waals surface area contributed by atoms with Crippen molar-refractivity contribution in [1.29, 1.82) is 0 Å². The van der Waals surface area contributed by atoms with Crippen LogP contribution in [0.3, 0.4) is 0 Å². The highest BCUT2D eigenvalue weighted by Crippen LogP contribution is 2.45. The van der Waals surface area contributed by atoms with E-state index in [-0.39, 0.29) is 29.7 Å². The SMILES string of the molecule is [2H]c1c([2H])c([2H])c(-c2ccc3oc4cccc(-c5ccc6ccc7c(-c8ccc9ccccc9c8)ccc8ccc5c6c87)c4c3c2)c([2H])c1[2H]. The van der Waals surface area contributed by atoms with Gasteiger partial charge in [0.1, 0.15) is 11.2 Å². The van der Waals surface area contributed by atoms with Crippen LogP contribution in [0.15, 0.2) is 162 Å². The molecule has 10 aromatic rings. The molecular weight excluding hydrogens is 544 g/mol. The Morgan fingerprint density at radius 1 is 0.378 bits per heavy atom. The highest BCUT2D eigenvalue weighted by atomic mass is 16.3. The summed E-state index contributed by atoms with van der Waals surface area (Å²) >= 11 is 0. The van der Waals surface area contributed by atoms with E-state index in [1.807, 2.05) is 24.3 Å². The predicted octanol–water partition coefficient (Wildman–Crippen LogP) is 12.6. The largest absolute Gasteiger partial charge is 0.456 e. The number of hydrogen-bond donors (Lipinski definition) is 0. The molecule has 1 nitrogen and oxygen atoms in total. The minimum atomic E-state index is -0.403. The third kappa shape index (κ3) is 3.62. The van der Waals surface area contributed by atoms with Gasteiger partial charge >= 0.3 is 0 Å². The van der Waals surface area contributed by atoms with Crippen molar-refractivity contribution in [1.82, 2.24) is 0 Å². The van der Waals surface area contributed by atoms with E-state index in [1.165, 1.54) is 48.8 Å². The zero-order chi connectivity index (χ0) is 33.8. The molecule has 0 saturated carbocycles. The first-order valence-electron chi connectivity index (χ1n) is 17.6. The summed E-state index contributed by atoms with van der Waals surface area (Å²) in [7, 11) is 0. The van der Waals surface area contributed by atoms with E-state index >= 15 is 0 Å². The Balaban J connectivity index is 1.22. The van der Waals surface area contributed by atoms with Gasteiger partial charge in [-0.15, -0.1) is 0 Å². The number of rotatable bonds is 3. The molecule has 0 spiro atoms. The van der Waals surface area contributed by atoms with Crippen LogP contribution in [0.2, 0.25) is 0 Å². The van der Waals surface area contributed by atoms with Crippen LogP contribution < -0.4 is 0 Å². The summed E-state index contributed by atoms with van der Waals surface area (Å²) in [6.07, 6.45) is 0. The van der Waals surface area contributed by atoms with Crippen LogP contribution in [0.25, 0.3) is 98.4 Å². The Morgan fingerprint density at radius 3 is 1.89 bits per heavy atom. The molecule has 0 N–H and O–H groups in total. The number of benzene rings is 9. The lowest BCUT2D eigenvalue weighted by molar-refractivity contribution is 0.669. The molecular formula is C44H26O. The molecule has 45 heavy (non-hydrogen) atoms. The van der Waals surface area contributed by atoms with Gasteiger partial charge in [0.05, 0.1) is 6.85 Å². The van der Waals surface area contributed by atoms with Crippen LogP contribution in [-0.4, -0.2) is 0 Å². The van der Waals surface area contributed by atoms with Gasteiger partial charge in [-0.1, -0.05) is 133 Å². The zero-order valence-corrected chi connectivity index (χ0v) is 24.0. The Kier molecular flexibility index (Phi) is 4.15. The quantitative estimate of drug-likeness (QED) is 0.191. The standard InChI is InChI=1S/C44H26O/c1-2-7-27(8-3-1)32-19-24-40-39(26-32)44-36(11-6-12-41(44)45-40)35-21-16-30-17-22-37-34(20-15-29-18-23-38(35)43(30)42(29)37)33-14-13-28-9-4-5-10-31(28)25-33/h1-26H/i1D,2D,3D,7D,8D. The maximum absolute atomic E-state index is 8.59. The second-order valence-corrected chi connectivity index (χ2v) is 11.7. The molecule has 0 saturated heterocycles. The minimum absolute atomic E-state index is 0.176. The molecule has 1 heteroatoms. The van der Waals surface area contributed by atoms with Crippen molar-refractivity contribution in [2.75, 3.05) is 0 Å². The van der Waals surface area contributed by atoms with Gasteiger partial charge in [-0.3, -0.25) is 0 Å². The van der Waals surface area contributed by atoms with Gasteiger partial charge in [-0.2, -0.15) is 0 Å². The van der Waals surface area contributed by atoms with E-state index < -0.39 is 6.04 Å². The van der Waals surface area contributed by atoms with Crippen molar-refractivity contribution in [2.24, 2.45) is 0 Å². The smallest absolute Gasteiger partial charge is 0.136 e. The third-order valence-electron chi connectivity index (χ3n) is 9.30. The van der Waals surface area contributed by atoms with Crippen molar-refractivity contribution in [3.8, 4) is 33.4 Å². The van der Waals surface area contributed by atoms with Crippen molar-refractivity contribution >= 4 is 65.0 Å². The summed E-state index contributed by atoms with van der Waals surface area (Å²) in [6.45, 7) is 0. The predicted molar refractivity (Wildman–Crippen MR) is 191 cm³/mol. The van der Waals surface area contributed by atoms with Crippen LogP contribution in [-0.2, 0) is 0 Å². The van der Waals surface area contributed by atoms with Gasteiger partial charge in [0, 0.05) is 10.8 Å². The Morgan fingerprint density at radius 2 is 1.07 bits per heavy atom. The van der Waals surface area contributed by atoms with E-state index in [4.69, 9.17) is 11.3 Å². The van der Waals surface area contributed by atoms with Crippen LogP contribution in [0.4, 0.5) is 0 Å². The molecule has 0 radical (unpaired) electrons. The molecule has 9 aromatic carbocycles. The van der Waals surface area contributed by atoms with Gasteiger partial charge < -0.3 is 4.42 Å². The average molecular weight is 576 g/mol. The Hall–Kier alpha value is -5.92. The molecule has 0 aliphatic carbocycles. The topological polar surface area (TPSA) is 13.1 Å². The molecule has 1 heterocycles. The van der Waals surface area contributed by atoms with E-state index in [0.29, 0.717) is 11.1 Å². The van der Waals surface area contributed by atoms with Crippen molar-refractivity contribution in [3.63, 3.8) is 0 Å². The minimum Gasteiger partial charge on any atom is -0.456 e. The summed E-state index contributed by atoms with van der Waals surface area (Å²) in [5.41, 5.74) is 6.58. The van der Waals surface area contributed by atoms with Crippen LogP contribution in [0.1, 0.15) is 6.85 Å². The lowest BCUT2D eigenvalue weighted by Crippen LogP contribution is -1.90. The molecule has 0 aliphatic heterocycles. The molecule has 0 atom stereocenters. The Labute approximate surface area is 266 Å². The summed E-state index contributed by atoms with van der Waals surface area (Å²) < 4.78 is 48.0. The first-order chi connectivity index (χ1) is 24.4. The first-order valence-corrected chi connectivity index (χ1v) is 15.1. The highest BCUT2D eigenvalue weighted by molar-refractivity contribution is 6.28. The molecule has 0 bridgehead atoms. The van der Waals surface area contributed by atoms with E-state index in [2.05, 4.69) is 97.1 Å².